The van der Waals surface area contributed by atoms with E-state index in [-0.39, 0.29) is 0 Å². The monoisotopic (exact) mass is 395 g/mol. The van der Waals surface area contributed by atoms with Gasteiger partial charge in [0.25, 0.3) is 0 Å². The Kier molecular flexibility index (Phi) is 4.94. The molecule has 1 N–H and O–H groups in total. The lowest BCUT2D eigenvalue weighted by Gasteiger charge is -2.41. The van der Waals surface area contributed by atoms with Crippen LogP contribution in [0.3, 0.4) is 0 Å². The van der Waals surface area contributed by atoms with E-state index in [1.807, 2.05) is 30.5 Å². The molecule has 2 bridgehead atoms. The molecule has 0 aliphatic carbocycles. The number of benzene rings is 2. The Morgan fingerprint density at radius 2 is 1.63 bits per heavy atom. The van der Waals surface area contributed by atoms with Crippen LogP contribution in [0.5, 0.6) is 0 Å². The first-order valence-corrected chi connectivity index (χ1v) is 10.6. The molecule has 5 heteroatoms. The fraction of sp³-hybridized carbons (Fsp3) is 0.320. The quantitative estimate of drug-likeness (QED) is 0.725. The average Bonchev–Trinajstić information content (AvgIpc) is 2.79. The predicted molar refractivity (Wildman–Crippen MR) is 119 cm³/mol. The molecule has 2 unspecified atom stereocenters. The summed E-state index contributed by atoms with van der Waals surface area (Å²) in [5.74, 6) is 2.13. The van der Waals surface area contributed by atoms with E-state index in [0.29, 0.717) is 17.4 Å². The molecular formula is C25H25N5. The number of piperidine rings is 2. The van der Waals surface area contributed by atoms with Crippen LogP contribution in [0.1, 0.15) is 17.5 Å². The number of hydrogen-bond donors (Lipinski definition) is 1. The molecule has 150 valence electrons. The van der Waals surface area contributed by atoms with Crippen LogP contribution in [0.2, 0.25) is 0 Å². The average molecular weight is 396 g/mol. The smallest absolute Gasteiger partial charge is 0.225 e. The van der Waals surface area contributed by atoms with Crippen LogP contribution < -0.4 is 10.2 Å². The van der Waals surface area contributed by atoms with Crippen LogP contribution in [0.25, 0.3) is 22.4 Å². The van der Waals surface area contributed by atoms with Gasteiger partial charge in [0.2, 0.25) is 5.95 Å². The number of aryl methyl sites for hydroxylation is 1. The number of rotatable bonds is 3. The molecule has 5 rings (SSSR count). The highest BCUT2D eigenvalue weighted by atomic mass is 15.3. The Labute approximate surface area is 177 Å². The minimum Gasteiger partial charge on any atom is -0.340 e. The van der Waals surface area contributed by atoms with Gasteiger partial charge < -0.3 is 10.2 Å². The van der Waals surface area contributed by atoms with Gasteiger partial charge in [0.05, 0.1) is 17.3 Å². The third kappa shape index (κ3) is 3.67. The second kappa shape index (κ2) is 7.89. The maximum absolute atomic E-state index is 9.16. The van der Waals surface area contributed by atoms with E-state index in [0.717, 1.165) is 54.5 Å². The van der Waals surface area contributed by atoms with Crippen LogP contribution in [0.4, 0.5) is 5.95 Å². The van der Waals surface area contributed by atoms with Crippen LogP contribution in [-0.2, 0) is 0 Å². The number of fused-ring (bicyclic) bond motifs is 2. The van der Waals surface area contributed by atoms with E-state index in [9.17, 15) is 0 Å². The number of aromatic nitrogens is 2. The van der Waals surface area contributed by atoms with Crippen molar-refractivity contribution in [2.45, 2.75) is 13.3 Å². The van der Waals surface area contributed by atoms with Gasteiger partial charge in [0.15, 0.2) is 0 Å². The lowest BCUT2D eigenvalue weighted by molar-refractivity contribution is 0.248. The fourth-order valence-electron chi connectivity index (χ4n) is 4.66. The van der Waals surface area contributed by atoms with E-state index < -0.39 is 0 Å². The molecule has 0 spiro atoms. The summed E-state index contributed by atoms with van der Waals surface area (Å²) in [7, 11) is 0. The molecule has 0 saturated carbocycles. The number of anilines is 1. The van der Waals surface area contributed by atoms with Gasteiger partial charge in [-0.3, -0.25) is 0 Å². The Bertz CT molecular complexity index is 1070. The van der Waals surface area contributed by atoms with Crippen LogP contribution in [-0.4, -0.2) is 36.1 Å². The molecule has 0 amide bonds. The van der Waals surface area contributed by atoms with Crippen molar-refractivity contribution in [2.24, 2.45) is 11.8 Å². The Balaban J connectivity index is 1.57. The lowest BCUT2D eigenvalue weighted by Crippen LogP contribution is -2.51. The highest BCUT2D eigenvalue weighted by Gasteiger charge is 2.31. The number of hydrogen-bond acceptors (Lipinski definition) is 5. The molecule has 2 aliphatic heterocycles. The summed E-state index contributed by atoms with van der Waals surface area (Å²) in [5.41, 5.74) is 5.92. The summed E-state index contributed by atoms with van der Waals surface area (Å²) in [4.78, 5) is 12.2. The van der Waals surface area contributed by atoms with Crippen molar-refractivity contribution in [1.29, 1.82) is 5.26 Å². The van der Waals surface area contributed by atoms with Gasteiger partial charge in [-0.2, -0.15) is 5.26 Å². The zero-order valence-corrected chi connectivity index (χ0v) is 17.2. The van der Waals surface area contributed by atoms with Crippen molar-refractivity contribution in [2.75, 3.05) is 31.1 Å². The number of nitriles is 1. The number of nitrogens with one attached hydrogen (secondary N) is 1. The fourth-order valence-corrected chi connectivity index (χ4v) is 4.66. The van der Waals surface area contributed by atoms with Crippen LogP contribution >= 0.6 is 0 Å². The first-order chi connectivity index (χ1) is 14.7. The second-order valence-electron chi connectivity index (χ2n) is 8.52. The first-order valence-electron chi connectivity index (χ1n) is 10.6. The Morgan fingerprint density at radius 1 is 0.967 bits per heavy atom. The van der Waals surface area contributed by atoms with E-state index in [4.69, 9.17) is 15.2 Å². The van der Waals surface area contributed by atoms with Gasteiger partial charge >= 0.3 is 0 Å². The largest absolute Gasteiger partial charge is 0.340 e. The SMILES string of the molecule is Cc1ccc(-c2cnc(N3CC4CNCC(C4)C3)nc2-c2ccc(C#N)cc2)cc1. The summed E-state index contributed by atoms with van der Waals surface area (Å²) in [5, 5.41) is 12.7. The van der Waals surface area contributed by atoms with E-state index in [1.165, 1.54) is 12.0 Å². The first kappa shape index (κ1) is 18.8. The molecule has 2 saturated heterocycles. The minimum absolute atomic E-state index is 0.654. The summed E-state index contributed by atoms with van der Waals surface area (Å²) in [6.45, 7) is 6.25. The van der Waals surface area contributed by atoms with Crippen LogP contribution in [0.15, 0.2) is 54.7 Å². The summed E-state index contributed by atoms with van der Waals surface area (Å²) in [6.07, 6.45) is 3.26. The van der Waals surface area contributed by atoms with Gasteiger partial charge in [0.1, 0.15) is 0 Å². The molecule has 0 radical (unpaired) electrons. The summed E-state index contributed by atoms with van der Waals surface area (Å²) >= 11 is 0. The molecule has 2 aromatic carbocycles. The molecule has 5 nitrogen and oxygen atoms in total. The predicted octanol–water partition coefficient (Wildman–Crippen LogP) is 4.04. The number of nitrogens with zero attached hydrogens (tertiary/aromatic N) is 4. The maximum Gasteiger partial charge on any atom is 0.225 e. The van der Waals surface area contributed by atoms with Crippen molar-refractivity contribution in [3.05, 3.63) is 65.9 Å². The van der Waals surface area contributed by atoms with Crippen molar-refractivity contribution in [1.82, 2.24) is 15.3 Å². The van der Waals surface area contributed by atoms with Crippen molar-refractivity contribution < 1.29 is 0 Å². The minimum atomic E-state index is 0.654. The summed E-state index contributed by atoms with van der Waals surface area (Å²) < 4.78 is 0. The zero-order valence-electron chi connectivity index (χ0n) is 17.2. The van der Waals surface area contributed by atoms with Crippen molar-refractivity contribution >= 4 is 5.95 Å². The van der Waals surface area contributed by atoms with Gasteiger partial charge in [-0.25, -0.2) is 9.97 Å². The summed E-state index contributed by atoms with van der Waals surface area (Å²) in [6, 6.07) is 18.3. The Morgan fingerprint density at radius 3 is 2.30 bits per heavy atom. The van der Waals surface area contributed by atoms with E-state index in [1.54, 1.807) is 0 Å². The standard InChI is InChI=1S/C25H25N5/c1-17-2-6-21(7-3-17)23-14-28-25(30-15-19-10-20(16-30)13-27-12-19)29-24(23)22-8-4-18(11-26)5-9-22/h2-9,14,19-20,27H,10,12-13,15-16H2,1H3. The zero-order chi connectivity index (χ0) is 20.5. The normalized spacial score (nSPS) is 20.6. The molecule has 2 fully saturated rings. The molecule has 1 aromatic heterocycles. The molecule has 2 atom stereocenters. The van der Waals surface area contributed by atoms with E-state index >= 15 is 0 Å². The lowest BCUT2D eigenvalue weighted by atomic mass is 9.86. The molecule has 2 aliphatic rings. The van der Waals surface area contributed by atoms with E-state index in [2.05, 4.69) is 47.5 Å². The van der Waals surface area contributed by atoms with Crippen molar-refractivity contribution in [3.63, 3.8) is 0 Å². The third-order valence-electron chi connectivity index (χ3n) is 6.20. The maximum atomic E-state index is 9.16. The van der Waals surface area contributed by atoms with Gasteiger partial charge in [-0.1, -0.05) is 42.0 Å². The second-order valence-corrected chi connectivity index (χ2v) is 8.52. The van der Waals surface area contributed by atoms with Crippen LogP contribution in [0, 0.1) is 30.1 Å². The third-order valence-corrected chi connectivity index (χ3v) is 6.20. The topological polar surface area (TPSA) is 64.8 Å². The molecule has 30 heavy (non-hydrogen) atoms. The molecular weight excluding hydrogens is 370 g/mol. The molecule has 3 aromatic rings. The Hall–Kier alpha value is -3.23. The highest BCUT2D eigenvalue weighted by Crippen LogP contribution is 2.33. The van der Waals surface area contributed by atoms with Gasteiger partial charge in [-0.15, -0.1) is 0 Å². The molecule has 3 heterocycles. The van der Waals surface area contributed by atoms with Gasteiger partial charge in [-0.05, 0) is 56.0 Å². The van der Waals surface area contributed by atoms with Gasteiger partial charge in [0, 0.05) is 30.4 Å². The highest BCUT2D eigenvalue weighted by molar-refractivity contribution is 5.81. The van der Waals surface area contributed by atoms with Crippen molar-refractivity contribution in [3.8, 4) is 28.5 Å².